The fourth-order valence-corrected chi connectivity index (χ4v) is 6.95. The molecule has 0 saturated heterocycles. The van der Waals surface area contributed by atoms with Crippen molar-refractivity contribution in [3.8, 4) is 11.8 Å². The van der Waals surface area contributed by atoms with Gasteiger partial charge in [0.1, 0.15) is 11.2 Å². The molecule has 7 nitrogen and oxygen atoms in total. The molecule has 7 rings (SSSR count). The molecule has 0 fully saturated rings. The van der Waals surface area contributed by atoms with E-state index < -0.39 is 16.7 Å². The average molecular weight is 535 g/mol. The molecule has 4 aromatic rings. The molecule has 194 valence electrons. The summed E-state index contributed by atoms with van der Waals surface area (Å²) in [5, 5.41) is 16.1. The second kappa shape index (κ2) is 9.37. The molecule has 1 unspecified atom stereocenters. The summed E-state index contributed by atoms with van der Waals surface area (Å²) in [6, 6.07) is 26.1. The molecule has 0 radical (unpaired) electrons. The quantitative estimate of drug-likeness (QED) is 0.350. The van der Waals surface area contributed by atoms with Gasteiger partial charge in [0.05, 0.1) is 17.2 Å². The van der Waals surface area contributed by atoms with Crippen molar-refractivity contribution in [1.82, 2.24) is 4.98 Å². The monoisotopic (exact) mass is 534 g/mol. The van der Waals surface area contributed by atoms with Crippen molar-refractivity contribution in [2.24, 2.45) is 11.1 Å². The van der Waals surface area contributed by atoms with E-state index in [0.717, 1.165) is 33.5 Å². The minimum Gasteiger partial charge on any atom is -0.484 e. The highest BCUT2D eigenvalue weighted by Crippen LogP contribution is 2.63. The molecule has 1 heterocycles. The van der Waals surface area contributed by atoms with Gasteiger partial charge in [0.15, 0.2) is 11.7 Å². The zero-order valence-corrected chi connectivity index (χ0v) is 22.1. The van der Waals surface area contributed by atoms with Crippen molar-refractivity contribution in [1.29, 1.82) is 5.26 Å². The van der Waals surface area contributed by atoms with Gasteiger partial charge in [-0.05, 0) is 53.3 Å². The van der Waals surface area contributed by atoms with Crippen molar-refractivity contribution >= 4 is 28.3 Å². The molecular weight excluding hydrogens is 508 g/mol. The molecule has 3 aromatic carbocycles. The van der Waals surface area contributed by atoms with Crippen molar-refractivity contribution in [2.75, 3.05) is 11.9 Å². The maximum absolute atomic E-state index is 14.0. The van der Waals surface area contributed by atoms with E-state index in [1.807, 2.05) is 60.8 Å². The Morgan fingerprint density at radius 1 is 1.08 bits per heavy atom. The Labute approximate surface area is 230 Å². The Kier molecular flexibility index (Phi) is 5.96. The lowest BCUT2D eigenvalue weighted by Crippen LogP contribution is -2.53. The maximum atomic E-state index is 14.0. The predicted molar refractivity (Wildman–Crippen MR) is 149 cm³/mol. The van der Waals surface area contributed by atoms with Crippen molar-refractivity contribution in [3.05, 3.63) is 112 Å². The molecule has 3 aliphatic rings. The van der Waals surface area contributed by atoms with Crippen LogP contribution in [0.15, 0.2) is 78.2 Å². The number of nitrogens with two attached hydrogens (primary N) is 1. The Morgan fingerprint density at radius 3 is 2.33 bits per heavy atom. The summed E-state index contributed by atoms with van der Waals surface area (Å²) in [5.74, 6) is -0.248. The molecule has 2 bridgehead atoms. The van der Waals surface area contributed by atoms with Crippen LogP contribution in [0, 0.1) is 16.7 Å². The van der Waals surface area contributed by atoms with E-state index in [9.17, 15) is 14.9 Å². The summed E-state index contributed by atoms with van der Waals surface area (Å²) >= 11 is 1.39. The molecule has 0 aliphatic heterocycles. The van der Waals surface area contributed by atoms with Crippen LogP contribution in [0.25, 0.3) is 0 Å². The number of anilines is 1. The number of thiazole rings is 1. The van der Waals surface area contributed by atoms with E-state index in [4.69, 9.17) is 10.5 Å². The average Bonchev–Trinajstić information content (AvgIpc) is 3.39. The summed E-state index contributed by atoms with van der Waals surface area (Å²) in [4.78, 5) is 29.5. The van der Waals surface area contributed by atoms with Gasteiger partial charge >= 0.3 is 0 Å². The van der Waals surface area contributed by atoms with Crippen LogP contribution in [0.5, 0.6) is 5.75 Å². The van der Waals surface area contributed by atoms with E-state index in [2.05, 4.69) is 28.5 Å². The highest BCUT2D eigenvalue weighted by molar-refractivity contribution is 7.13. The SMILES string of the molecule is CC1(C(=O)Nc2nc(Cc3ccc(OCC(N)=O)cc3)cs2)CC2(C#N)c3ccccc3C1c1ccccc12. The number of carbonyl (C=O) groups excluding carboxylic acids is 2. The number of amides is 2. The topological polar surface area (TPSA) is 118 Å². The second-order valence-corrected chi connectivity index (χ2v) is 11.3. The number of benzene rings is 3. The first-order valence-electron chi connectivity index (χ1n) is 12.7. The molecule has 3 aliphatic carbocycles. The predicted octanol–water partition coefficient (Wildman–Crippen LogP) is 4.90. The second-order valence-electron chi connectivity index (χ2n) is 10.4. The number of nitriles is 1. The van der Waals surface area contributed by atoms with Crippen LogP contribution >= 0.6 is 11.3 Å². The Bertz CT molecular complexity index is 1590. The number of hydrogen-bond donors (Lipinski definition) is 2. The first-order valence-corrected chi connectivity index (χ1v) is 13.6. The van der Waals surface area contributed by atoms with Gasteiger partial charge in [-0.25, -0.2) is 4.98 Å². The van der Waals surface area contributed by atoms with Gasteiger partial charge in [0.2, 0.25) is 5.91 Å². The zero-order chi connectivity index (χ0) is 27.2. The summed E-state index contributed by atoms with van der Waals surface area (Å²) in [5.41, 5.74) is 9.37. The van der Waals surface area contributed by atoms with Crippen LogP contribution in [-0.2, 0) is 21.4 Å². The molecule has 3 N–H and O–H groups in total. The van der Waals surface area contributed by atoms with Crippen molar-refractivity contribution < 1.29 is 14.3 Å². The third-order valence-corrected chi connectivity index (χ3v) is 8.71. The lowest BCUT2D eigenvalue weighted by molar-refractivity contribution is -0.127. The molecule has 2 amide bonds. The minimum atomic E-state index is -0.880. The zero-order valence-electron chi connectivity index (χ0n) is 21.3. The van der Waals surface area contributed by atoms with Gasteiger partial charge in [0, 0.05) is 17.7 Å². The van der Waals surface area contributed by atoms with Gasteiger partial charge in [-0.15, -0.1) is 11.3 Å². The van der Waals surface area contributed by atoms with Crippen LogP contribution in [0.1, 0.15) is 52.8 Å². The molecule has 1 aromatic heterocycles. The van der Waals surface area contributed by atoms with Crippen LogP contribution < -0.4 is 15.8 Å². The molecule has 39 heavy (non-hydrogen) atoms. The fraction of sp³-hybridized carbons (Fsp3) is 0.226. The first-order chi connectivity index (χ1) is 18.8. The lowest BCUT2D eigenvalue weighted by Gasteiger charge is -2.54. The van der Waals surface area contributed by atoms with Crippen molar-refractivity contribution in [2.45, 2.75) is 31.1 Å². The van der Waals surface area contributed by atoms with Gasteiger partial charge in [-0.3, -0.25) is 9.59 Å². The number of rotatable bonds is 7. The Balaban J connectivity index is 1.24. The first kappa shape index (κ1) is 24.8. The number of carbonyl (C=O) groups is 2. The van der Waals surface area contributed by atoms with Crippen molar-refractivity contribution in [3.63, 3.8) is 0 Å². The molecular formula is C31H26N4O3S. The molecule has 0 saturated carbocycles. The number of fused-ring (bicyclic) bond motifs is 1. The van der Waals surface area contributed by atoms with E-state index >= 15 is 0 Å². The highest BCUT2D eigenvalue weighted by atomic mass is 32.1. The van der Waals surface area contributed by atoms with Crippen LogP contribution in [0.2, 0.25) is 0 Å². The minimum absolute atomic E-state index is 0.131. The number of nitrogens with one attached hydrogen (secondary N) is 1. The molecule has 8 heteroatoms. The third-order valence-electron chi connectivity index (χ3n) is 7.90. The summed E-state index contributed by atoms with van der Waals surface area (Å²) < 4.78 is 5.31. The highest BCUT2D eigenvalue weighted by Gasteiger charge is 2.61. The van der Waals surface area contributed by atoms with Gasteiger partial charge in [0.25, 0.3) is 5.91 Å². The normalized spacial score (nSPS) is 22.3. The summed E-state index contributed by atoms with van der Waals surface area (Å²) in [6.07, 6.45) is 0.990. The maximum Gasteiger partial charge on any atom is 0.255 e. The van der Waals surface area contributed by atoms with Gasteiger partial charge in [-0.1, -0.05) is 60.7 Å². The van der Waals surface area contributed by atoms with E-state index in [0.29, 0.717) is 23.7 Å². The van der Waals surface area contributed by atoms with E-state index in [1.165, 1.54) is 11.3 Å². The summed E-state index contributed by atoms with van der Waals surface area (Å²) in [6.45, 7) is 1.81. The lowest BCUT2D eigenvalue weighted by atomic mass is 9.47. The fourth-order valence-electron chi connectivity index (χ4n) is 6.24. The largest absolute Gasteiger partial charge is 0.484 e. The smallest absolute Gasteiger partial charge is 0.255 e. The van der Waals surface area contributed by atoms with E-state index in [-0.39, 0.29) is 18.4 Å². The van der Waals surface area contributed by atoms with Gasteiger partial charge < -0.3 is 15.8 Å². The number of primary amides is 1. The standard InChI is InChI=1S/C31H26N4O3S/c1-30(17-31(18-32)24-8-4-2-6-22(24)27(30)23-7-3-5-9-25(23)31)28(37)35-29-34-20(16-39-29)14-19-10-12-21(13-11-19)38-15-26(33)36/h2-13,16,27H,14-15,17H2,1H3,(H2,33,36)(H,34,35,37). The van der Waals surface area contributed by atoms with Gasteiger partial charge in [-0.2, -0.15) is 5.26 Å². The number of hydrogen-bond acceptors (Lipinski definition) is 6. The Hall–Kier alpha value is -4.48. The van der Waals surface area contributed by atoms with E-state index in [1.54, 1.807) is 12.1 Å². The Morgan fingerprint density at radius 2 is 1.72 bits per heavy atom. The molecule has 0 spiro atoms. The number of ether oxygens (including phenoxy) is 1. The molecule has 1 atom stereocenters. The van der Waals surface area contributed by atoms with Crippen LogP contribution in [0.4, 0.5) is 5.13 Å². The summed E-state index contributed by atoms with van der Waals surface area (Å²) in [7, 11) is 0. The van der Waals surface area contributed by atoms with Crippen LogP contribution in [-0.4, -0.2) is 23.4 Å². The number of nitrogens with zero attached hydrogens (tertiary/aromatic N) is 2. The van der Waals surface area contributed by atoms with Crippen LogP contribution in [0.3, 0.4) is 0 Å². The number of aromatic nitrogens is 1. The third kappa shape index (κ3) is 4.06.